The summed E-state index contributed by atoms with van der Waals surface area (Å²) in [6.45, 7) is 7.40. The van der Waals surface area contributed by atoms with Gasteiger partial charge in [0.25, 0.3) is 0 Å². The first-order valence-electron chi connectivity index (χ1n) is 5.76. The molecule has 0 amide bonds. The van der Waals surface area contributed by atoms with E-state index >= 15 is 0 Å². The van der Waals surface area contributed by atoms with E-state index in [0.717, 1.165) is 12.8 Å². The van der Waals surface area contributed by atoms with Crippen LogP contribution in [0.15, 0.2) is 0 Å². The summed E-state index contributed by atoms with van der Waals surface area (Å²) in [5.74, 6) is 3.19. The van der Waals surface area contributed by atoms with Crippen molar-refractivity contribution < 1.29 is 9.53 Å². The largest absolute Gasteiger partial charge is 0.469 e. The third-order valence-corrected chi connectivity index (χ3v) is 3.46. The Kier molecular flexibility index (Phi) is 4.57. The molecule has 1 heterocycles. The zero-order chi connectivity index (χ0) is 12.2. The highest BCUT2D eigenvalue weighted by Crippen LogP contribution is 2.15. The second kappa shape index (κ2) is 5.51. The van der Waals surface area contributed by atoms with Crippen LogP contribution in [0.4, 0.5) is 0 Å². The van der Waals surface area contributed by atoms with E-state index in [1.807, 2.05) is 0 Å². The van der Waals surface area contributed by atoms with Gasteiger partial charge in [0.1, 0.15) is 8.07 Å². The first-order chi connectivity index (χ1) is 7.42. The molecule has 1 aliphatic rings. The fourth-order valence-electron chi connectivity index (χ4n) is 1.65. The lowest BCUT2D eigenvalue weighted by molar-refractivity contribution is -0.146. The summed E-state index contributed by atoms with van der Waals surface area (Å²) in [4.78, 5) is 11.3. The zero-order valence-electron chi connectivity index (χ0n) is 10.6. The lowest BCUT2D eigenvalue weighted by Gasteiger charge is -2.25. The standard InChI is InChI=1S/C12H21NO2Si/c1-15-12(14)10-5-6-11(13-9-10)7-8-16(2,3)4/h10-11,13H,5-6,9H2,1-4H3/t10-,11-/m0/s1. The van der Waals surface area contributed by atoms with Gasteiger partial charge in [-0.2, -0.15) is 0 Å². The summed E-state index contributed by atoms with van der Waals surface area (Å²) in [6, 6.07) is 0.257. The number of carbonyl (C=O) groups is 1. The summed E-state index contributed by atoms with van der Waals surface area (Å²) in [5, 5.41) is 3.30. The van der Waals surface area contributed by atoms with E-state index in [2.05, 4.69) is 36.4 Å². The van der Waals surface area contributed by atoms with Gasteiger partial charge in [-0.25, -0.2) is 0 Å². The SMILES string of the molecule is COC(=O)[C@H]1CC[C@@H](C#C[Si](C)(C)C)NC1. The first kappa shape index (κ1) is 13.3. The average Bonchev–Trinajstić information content (AvgIpc) is 2.25. The molecular weight excluding hydrogens is 218 g/mol. The minimum Gasteiger partial charge on any atom is -0.469 e. The molecule has 1 N–H and O–H groups in total. The highest BCUT2D eigenvalue weighted by Gasteiger charge is 2.25. The van der Waals surface area contributed by atoms with E-state index in [0.29, 0.717) is 6.54 Å². The number of piperidine rings is 1. The molecule has 0 spiro atoms. The van der Waals surface area contributed by atoms with Crippen LogP contribution in [0.5, 0.6) is 0 Å². The Labute approximate surface area is 99.0 Å². The lowest BCUT2D eigenvalue weighted by Crippen LogP contribution is -2.41. The topological polar surface area (TPSA) is 38.3 Å². The molecule has 0 aromatic carbocycles. The lowest BCUT2D eigenvalue weighted by atomic mass is 9.95. The molecule has 0 unspecified atom stereocenters. The normalized spacial score (nSPS) is 25.5. The van der Waals surface area contributed by atoms with Crippen LogP contribution in [0, 0.1) is 17.4 Å². The summed E-state index contributed by atoms with van der Waals surface area (Å²) >= 11 is 0. The van der Waals surface area contributed by atoms with Gasteiger partial charge in [0.05, 0.1) is 19.1 Å². The van der Waals surface area contributed by atoms with Crippen molar-refractivity contribution >= 4 is 14.0 Å². The van der Waals surface area contributed by atoms with E-state index in [1.54, 1.807) is 0 Å². The van der Waals surface area contributed by atoms with Crippen molar-refractivity contribution in [2.24, 2.45) is 5.92 Å². The molecular formula is C12H21NO2Si. The van der Waals surface area contributed by atoms with Gasteiger partial charge in [0.2, 0.25) is 0 Å². The predicted molar refractivity (Wildman–Crippen MR) is 67.7 cm³/mol. The van der Waals surface area contributed by atoms with Gasteiger partial charge >= 0.3 is 5.97 Å². The molecule has 3 nitrogen and oxygen atoms in total. The highest BCUT2D eigenvalue weighted by atomic mass is 28.3. The molecule has 1 saturated heterocycles. The van der Waals surface area contributed by atoms with Crippen LogP contribution in [0.25, 0.3) is 0 Å². The van der Waals surface area contributed by atoms with Gasteiger partial charge in [-0.1, -0.05) is 25.6 Å². The van der Waals surface area contributed by atoms with Crippen LogP contribution in [0.1, 0.15) is 12.8 Å². The van der Waals surface area contributed by atoms with Crippen molar-refractivity contribution in [1.82, 2.24) is 5.32 Å². The molecule has 1 aliphatic heterocycles. The first-order valence-corrected chi connectivity index (χ1v) is 9.26. The van der Waals surface area contributed by atoms with Crippen molar-refractivity contribution in [2.75, 3.05) is 13.7 Å². The van der Waals surface area contributed by atoms with Crippen LogP contribution in [0.2, 0.25) is 19.6 Å². The summed E-state index contributed by atoms with van der Waals surface area (Å²) < 4.78 is 4.73. The maximum atomic E-state index is 11.3. The second-order valence-corrected chi connectivity index (χ2v) is 10.0. The number of rotatable bonds is 1. The van der Waals surface area contributed by atoms with Crippen LogP contribution in [-0.4, -0.2) is 33.7 Å². The quantitative estimate of drug-likeness (QED) is 0.427. The Bertz CT molecular complexity index is 303. The number of nitrogens with one attached hydrogen (secondary N) is 1. The minimum atomic E-state index is -1.28. The van der Waals surface area contributed by atoms with Gasteiger partial charge in [-0.15, -0.1) is 5.54 Å². The Balaban J connectivity index is 2.43. The number of hydrogen-bond donors (Lipinski definition) is 1. The molecule has 0 aromatic rings. The van der Waals surface area contributed by atoms with Crippen molar-refractivity contribution in [2.45, 2.75) is 38.5 Å². The van der Waals surface area contributed by atoms with Gasteiger partial charge in [0, 0.05) is 6.54 Å². The number of hydrogen-bond acceptors (Lipinski definition) is 3. The molecule has 0 aromatic heterocycles. The van der Waals surface area contributed by atoms with E-state index in [1.165, 1.54) is 7.11 Å². The number of methoxy groups -OCH3 is 1. The van der Waals surface area contributed by atoms with Gasteiger partial charge in [-0.05, 0) is 12.8 Å². The Morgan fingerprint density at radius 1 is 1.38 bits per heavy atom. The Morgan fingerprint density at radius 3 is 2.50 bits per heavy atom. The third-order valence-electron chi connectivity index (χ3n) is 2.57. The molecule has 16 heavy (non-hydrogen) atoms. The Morgan fingerprint density at radius 2 is 2.06 bits per heavy atom. The molecule has 0 radical (unpaired) electrons. The van der Waals surface area contributed by atoms with Crippen LogP contribution in [-0.2, 0) is 9.53 Å². The molecule has 1 rings (SSSR count). The van der Waals surface area contributed by atoms with E-state index in [-0.39, 0.29) is 17.9 Å². The average molecular weight is 239 g/mol. The van der Waals surface area contributed by atoms with Crippen LogP contribution >= 0.6 is 0 Å². The molecule has 0 saturated carbocycles. The number of ether oxygens (including phenoxy) is 1. The zero-order valence-corrected chi connectivity index (χ0v) is 11.6. The molecule has 0 bridgehead atoms. The van der Waals surface area contributed by atoms with Crippen molar-refractivity contribution in [3.8, 4) is 11.5 Å². The van der Waals surface area contributed by atoms with Crippen molar-refractivity contribution in [3.63, 3.8) is 0 Å². The Hall–Kier alpha value is -0.793. The van der Waals surface area contributed by atoms with Crippen molar-refractivity contribution in [3.05, 3.63) is 0 Å². The van der Waals surface area contributed by atoms with Gasteiger partial charge < -0.3 is 10.1 Å². The fraction of sp³-hybridized carbons (Fsp3) is 0.750. The minimum absolute atomic E-state index is 0.00920. The number of carbonyl (C=O) groups excluding carboxylic acids is 1. The van der Waals surface area contributed by atoms with E-state index in [4.69, 9.17) is 4.74 Å². The monoisotopic (exact) mass is 239 g/mol. The van der Waals surface area contributed by atoms with Gasteiger partial charge in [-0.3, -0.25) is 4.79 Å². The smallest absolute Gasteiger partial charge is 0.309 e. The predicted octanol–water partition coefficient (Wildman–Crippen LogP) is 1.41. The fourth-order valence-corrected chi connectivity index (χ4v) is 2.26. The molecule has 90 valence electrons. The summed E-state index contributed by atoms with van der Waals surface area (Å²) in [5.41, 5.74) is 3.36. The highest BCUT2D eigenvalue weighted by molar-refractivity contribution is 6.83. The van der Waals surface area contributed by atoms with Crippen molar-refractivity contribution in [1.29, 1.82) is 0 Å². The summed E-state index contributed by atoms with van der Waals surface area (Å²) in [7, 11) is 0.164. The third kappa shape index (κ3) is 4.38. The van der Waals surface area contributed by atoms with Crippen LogP contribution < -0.4 is 5.32 Å². The maximum Gasteiger partial charge on any atom is 0.309 e. The molecule has 2 atom stereocenters. The molecule has 1 fully saturated rings. The second-order valence-electron chi connectivity index (χ2n) is 5.28. The molecule has 4 heteroatoms. The van der Waals surface area contributed by atoms with Crippen LogP contribution in [0.3, 0.4) is 0 Å². The number of esters is 1. The van der Waals surface area contributed by atoms with E-state index < -0.39 is 8.07 Å². The van der Waals surface area contributed by atoms with Gasteiger partial charge in [0.15, 0.2) is 0 Å². The van der Waals surface area contributed by atoms with E-state index in [9.17, 15) is 4.79 Å². The molecule has 0 aliphatic carbocycles. The summed E-state index contributed by atoms with van der Waals surface area (Å²) in [6.07, 6.45) is 1.82. The maximum absolute atomic E-state index is 11.3.